The molecule has 0 aliphatic carbocycles. The van der Waals surface area contributed by atoms with E-state index in [0.29, 0.717) is 16.3 Å². The van der Waals surface area contributed by atoms with Crippen molar-refractivity contribution in [2.45, 2.75) is 12.5 Å². The molecule has 21 heavy (non-hydrogen) atoms. The van der Waals surface area contributed by atoms with E-state index >= 15 is 0 Å². The second-order valence-corrected chi connectivity index (χ2v) is 6.40. The maximum absolute atomic E-state index is 14.4. The normalized spacial score (nSPS) is 18.7. The van der Waals surface area contributed by atoms with E-state index < -0.39 is 0 Å². The molecular formula is C15H18BrFN4. The first kappa shape index (κ1) is 14.5. The molecule has 1 saturated heterocycles. The summed E-state index contributed by atoms with van der Waals surface area (Å²) >= 11 is 3.28. The van der Waals surface area contributed by atoms with Crippen LogP contribution in [-0.2, 0) is 0 Å². The van der Waals surface area contributed by atoms with Crippen LogP contribution in [0.1, 0.15) is 6.42 Å². The van der Waals surface area contributed by atoms with Crippen LogP contribution in [0.4, 0.5) is 10.1 Å². The molecule has 6 heteroatoms. The SMILES string of the molecule is CN(C)[C@@H]1CCN(c2ccc(-n3cnc(Br)c3)c(F)c2)C1. The quantitative estimate of drug-likeness (QED) is 0.848. The Kier molecular flexibility index (Phi) is 3.99. The molecule has 1 fully saturated rings. The molecular weight excluding hydrogens is 335 g/mol. The molecule has 2 heterocycles. The molecule has 1 aliphatic heterocycles. The van der Waals surface area contributed by atoms with Crippen LogP contribution in [0, 0.1) is 5.82 Å². The van der Waals surface area contributed by atoms with Crippen molar-refractivity contribution < 1.29 is 4.39 Å². The summed E-state index contributed by atoms with van der Waals surface area (Å²) in [6.07, 6.45) is 4.46. The Morgan fingerprint density at radius 1 is 1.38 bits per heavy atom. The summed E-state index contributed by atoms with van der Waals surface area (Å²) in [6, 6.07) is 5.94. The lowest BCUT2D eigenvalue weighted by molar-refractivity contribution is 0.315. The third-order valence-electron chi connectivity index (χ3n) is 4.02. The van der Waals surface area contributed by atoms with Crippen LogP contribution in [0.3, 0.4) is 0 Å². The minimum absolute atomic E-state index is 0.231. The van der Waals surface area contributed by atoms with Crippen molar-refractivity contribution in [2.24, 2.45) is 0 Å². The summed E-state index contributed by atoms with van der Waals surface area (Å²) in [6.45, 7) is 1.92. The predicted molar refractivity (Wildman–Crippen MR) is 85.5 cm³/mol. The summed E-state index contributed by atoms with van der Waals surface area (Å²) in [5.41, 5.74) is 1.46. The van der Waals surface area contributed by atoms with E-state index in [-0.39, 0.29) is 5.82 Å². The largest absolute Gasteiger partial charge is 0.370 e. The molecule has 0 bridgehead atoms. The Morgan fingerprint density at radius 2 is 2.19 bits per heavy atom. The molecule has 0 N–H and O–H groups in total. The molecule has 0 amide bonds. The Labute approximate surface area is 132 Å². The van der Waals surface area contributed by atoms with Crippen molar-refractivity contribution >= 4 is 21.6 Å². The average molecular weight is 353 g/mol. The number of hydrogen-bond donors (Lipinski definition) is 0. The second-order valence-electron chi connectivity index (χ2n) is 5.59. The lowest BCUT2D eigenvalue weighted by Gasteiger charge is -2.22. The molecule has 1 aromatic carbocycles. The number of anilines is 1. The van der Waals surface area contributed by atoms with Crippen LogP contribution in [0.15, 0.2) is 35.3 Å². The Hall–Kier alpha value is -1.40. The lowest BCUT2D eigenvalue weighted by Crippen LogP contribution is -2.31. The number of aromatic nitrogens is 2. The maximum atomic E-state index is 14.4. The van der Waals surface area contributed by atoms with Gasteiger partial charge in [0.15, 0.2) is 0 Å². The molecule has 1 aliphatic rings. The number of likely N-dealkylation sites (N-methyl/N-ethyl adjacent to an activating group) is 1. The van der Waals surface area contributed by atoms with Gasteiger partial charge in [0.1, 0.15) is 16.7 Å². The highest BCUT2D eigenvalue weighted by Gasteiger charge is 2.24. The molecule has 2 aromatic rings. The number of nitrogens with zero attached hydrogens (tertiary/aromatic N) is 4. The fourth-order valence-corrected chi connectivity index (χ4v) is 3.04. The van der Waals surface area contributed by atoms with Crippen molar-refractivity contribution in [1.29, 1.82) is 0 Å². The third-order valence-corrected chi connectivity index (χ3v) is 4.43. The van der Waals surface area contributed by atoms with Gasteiger partial charge in [0.05, 0.1) is 5.69 Å². The summed E-state index contributed by atoms with van der Waals surface area (Å²) in [4.78, 5) is 8.53. The molecule has 0 radical (unpaired) electrons. The summed E-state index contributed by atoms with van der Waals surface area (Å²) in [7, 11) is 4.18. The van der Waals surface area contributed by atoms with E-state index in [4.69, 9.17) is 0 Å². The van der Waals surface area contributed by atoms with E-state index in [1.807, 2.05) is 12.1 Å². The van der Waals surface area contributed by atoms with Crippen LogP contribution >= 0.6 is 15.9 Å². The predicted octanol–water partition coefficient (Wildman–Crippen LogP) is 2.91. The van der Waals surface area contributed by atoms with Crippen molar-refractivity contribution in [2.75, 3.05) is 32.1 Å². The number of rotatable bonds is 3. The summed E-state index contributed by atoms with van der Waals surface area (Å²) in [5.74, 6) is -0.231. The molecule has 3 rings (SSSR count). The highest BCUT2D eigenvalue weighted by Crippen LogP contribution is 2.26. The van der Waals surface area contributed by atoms with Gasteiger partial charge in [0.25, 0.3) is 0 Å². The standard InChI is InChI=1S/C15H18BrFN4/c1-19(2)12-5-6-20(8-12)11-3-4-14(13(17)7-11)21-9-15(16)18-10-21/h3-4,7,9-10,12H,5-6,8H2,1-2H3/t12-/m1/s1. The van der Waals surface area contributed by atoms with Crippen molar-refractivity contribution in [1.82, 2.24) is 14.5 Å². The van der Waals surface area contributed by atoms with E-state index in [9.17, 15) is 4.39 Å². The van der Waals surface area contributed by atoms with Gasteiger partial charge in [-0.3, -0.25) is 0 Å². The van der Waals surface area contributed by atoms with E-state index in [1.165, 1.54) is 0 Å². The first-order chi connectivity index (χ1) is 10.0. The second kappa shape index (κ2) is 5.77. The van der Waals surface area contributed by atoms with Crippen molar-refractivity contribution in [3.05, 3.63) is 41.1 Å². The molecule has 1 aromatic heterocycles. The van der Waals surface area contributed by atoms with Crippen LogP contribution < -0.4 is 4.90 Å². The Balaban J connectivity index is 1.82. The first-order valence-electron chi connectivity index (χ1n) is 6.95. The van der Waals surface area contributed by atoms with Gasteiger partial charge in [-0.2, -0.15) is 0 Å². The maximum Gasteiger partial charge on any atom is 0.149 e. The molecule has 4 nitrogen and oxygen atoms in total. The van der Waals surface area contributed by atoms with Crippen LogP contribution in [-0.4, -0.2) is 47.7 Å². The summed E-state index contributed by atoms with van der Waals surface area (Å²) < 4.78 is 16.7. The zero-order valence-corrected chi connectivity index (χ0v) is 13.7. The van der Waals surface area contributed by atoms with Gasteiger partial charge in [0.2, 0.25) is 0 Å². The highest BCUT2D eigenvalue weighted by molar-refractivity contribution is 9.10. The average Bonchev–Trinajstić information content (AvgIpc) is 3.07. The number of halogens is 2. The van der Waals surface area contributed by atoms with Crippen molar-refractivity contribution in [3.8, 4) is 5.69 Å². The van der Waals surface area contributed by atoms with E-state index in [1.54, 1.807) is 23.2 Å². The van der Waals surface area contributed by atoms with Gasteiger partial charge >= 0.3 is 0 Å². The number of hydrogen-bond acceptors (Lipinski definition) is 3. The lowest BCUT2D eigenvalue weighted by atomic mass is 10.2. The topological polar surface area (TPSA) is 24.3 Å². The van der Waals surface area contributed by atoms with E-state index in [0.717, 1.165) is 25.2 Å². The highest BCUT2D eigenvalue weighted by atomic mass is 79.9. The smallest absolute Gasteiger partial charge is 0.149 e. The van der Waals surface area contributed by atoms with Gasteiger partial charge in [-0.1, -0.05) is 0 Å². The number of imidazole rings is 1. The number of benzene rings is 1. The Bertz CT molecular complexity index is 640. The van der Waals surface area contributed by atoms with E-state index in [2.05, 4.69) is 44.8 Å². The van der Waals surface area contributed by atoms with Gasteiger partial charge in [-0.25, -0.2) is 9.37 Å². The van der Waals surface area contributed by atoms with Crippen LogP contribution in [0.2, 0.25) is 0 Å². The molecule has 0 spiro atoms. The van der Waals surface area contributed by atoms with Gasteiger partial charge in [-0.05, 0) is 54.6 Å². The molecule has 1 atom stereocenters. The van der Waals surface area contributed by atoms with Gasteiger partial charge in [-0.15, -0.1) is 0 Å². The molecule has 0 saturated carbocycles. The third kappa shape index (κ3) is 2.96. The first-order valence-corrected chi connectivity index (χ1v) is 7.74. The molecule has 112 valence electrons. The van der Waals surface area contributed by atoms with Crippen LogP contribution in [0.5, 0.6) is 0 Å². The minimum atomic E-state index is -0.231. The van der Waals surface area contributed by atoms with Crippen molar-refractivity contribution in [3.63, 3.8) is 0 Å². The zero-order valence-electron chi connectivity index (χ0n) is 12.1. The summed E-state index contributed by atoms with van der Waals surface area (Å²) in [5, 5.41) is 0. The fraction of sp³-hybridized carbons (Fsp3) is 0.400. The van der Waals surface area contributed by atoms with Gasteiger partial charge < -0.3 is 14.4 Å². The van der Waals surface area contributed by atoms with Crippen LogP contribution in [0.25, 0.3) is 5.69 Å². The molecule has 0 unspecified atom stereocenters. The zero-order chi connectivity index (χ0) is 15.0. The Morgan fingerprint density at radius 3 is 2.76 bits per heavy atom. The monoisotopic (exact) mass is 352 g/mol. The fourth-order valence-electron chi connectivity index (χ4n) is 2.73. The minimum Gasteiger partial charge on any atom is -0.370 e. The van der Waals surface area contributed by atoms with Gasteiger partial charge in [0, 0.05) is 31.0 Å².